The number of aromatic nitrogens is 4. The molecule has 0 aliphatic rings. The van der Waals surface area contributed by atoms with Gasteiger partial charge in [-0.3, -0.25) is 0 Å². The van der Waals surface area contributed by atoms with Gasteiger partial charge in [-0.05, 0) is 51.7 Å². The maximum Gasteiger partial charge on any atom is 0.265 e. The molecule has 0 radical (unpaired) electrons. The average Bonchev–Trinajstić information content (AvgIpc) is 3.21. The van der Waals surface area contributed by atoms with E-state index in [-0.39, 0.29) is 0 Å². The molecule has 3 aromatic carbocycles. The first kappa shape index (κ1) is 23.7. The number of aryl methyl sites for hydroxylation is 1. The van der Waals surface area contributed by atoms with Gasteiger partial charge in [0.1, 0.15) is 12.1 Å². The number of benzene rings is 3. The minimum absolute atomic E-state index is 0.327. The molecule has 1 N–H and O–H groups in total. The molecule has 0 fully saturated rings. The highest BCUT2D eigenvalue weighted by Crippen LogP contribution is 2.37. The van der Waals surface area contributed by atoms with E-state index < -0.39 is 0 Å². The predicted molar refractivity (Wildman–Crippen MR) is 146 cm³/mol. The van der Waals surface area contributed by atoms with Gasteiger partial charge in [0, 0.05) is 11.9 Å². The maximum atomic E-state index is 6.01. The number of nitrogens with zero attached hydrogens (tertiary/aromatic N) is 5. The Morgan fingerprint density at radius 1 is 1.06 bits per heavy atom. The number of nitrogens with one attached hydrogen (secondary N) is 1. The van der Waals surface area contributed by atoms with Crippen LogP contribution in [0.25, 0.3) is 22.1 Å². The topological polar surface area (TPSA) is 86.5 Å². The number of hydrazone groups is 1. The molecule has 0 bridgehead atoms. The standard InChI is InChI=1S/C27H25BrN6O2/c1-3-13-34-22-12-8-7-11-20(22)24-26(34)30-27(33-31-24)32-29-16-19-14-21(28)25(23(15-19)35-2)36-17-18-9-5-4-6-10-18/h4-12,14-16H,3,13,17H2,1-2H3,(H,30,32,33)/b29-16+. The Kier molecular flexibility index (Phi) is 7.08. The van der Waals surface area contributed by atoms with Crippen LogP contribution in [0.1, 0.15) is 24.5 Å². The second-order valence-corrected chi connectivity index (χ2v) is 9.01. The molecule has 0 aliphatic carbocycles. The van der Waals surface area contributed by atoms with Gasteiger partial charge in [0.2, 0.25) is 0 Å². The van der Waals surface area contributed by atoms with Crippen LogP contribution in [0.2, 0.25) is 0 Å². The summed E-state index contributed by atoms with van der Waals surface area (Å²) in [5.74, 6) is 1.56. The molecule has 5 aromatic rings. The van der Waals surface area contributed by atoms with E-state index >= 15 is 0 Å². The van der Waals surface area contributed by atoms with E-state index in [1.807, 2.05) is 60.7 Å². The zero-order valence-corrected chi connectivity index (χ0v) is 21.6. The third-order valence-corrected chi connectivity index (χ3v) is 6.27. The van der Waals surface area contributed by atoms with E-state index in [1.165, 1.54) is 0 Å². The Balaban J connectivity index is 1.35. The molecule has 0 atom stereocenters. The maximum absolute atomic E-state index is 6.01. The van der Waals surface area contributed by atoms with Crippen molar-refractivity contribution in [3.63, 3.8) is 0 Å². The van der Waals surface area contributed by atoms with Crippen LogP contribution in [-0.2, 0) is 13.2 Å². The zero-order valence-electron chi connectivity index (χ0n) is 20.0. The summed E-state index contributed by atoms with van der Waals surface area (Å²) in [4.78, 5) is 4.69. The van der Waals surface area contributed by atoms with E-state index in [9.17, 15) is 0 Å². The van der Waals surface area contributed by atoms with E-state index in [1.54, 1.807) is 13.3 Å². The van der Waals surface area contributed by atoms with Crippen LogP contribution in [0.15, 0.2) is 76.3 Å². The number of ether oxygens (including phenoxy) is 2. The fourth-order valence-corrected chi connectivity index (χ4v) is 4.62. The first-order chi connectivity index (χ1) is 17.7. The fourth-order valence-electron chi connectivity index (χ4n) is 4.05. The molecule has 0 amide bonds. The van der Waals surface area contributed by atoms with Gasteiger partial charge in [-0.1, -0.05) is 55.5 Å². The summed E-state index contributed by atoms with van der Waals surface area (Å²) < 4.78 is 14.5. The molecule has 5 rings (SSSR count). The Morgan fingerprint density at radius 3 is 2.67 bits per heavy atom. The van der Waals surface area contributed by atoms with Crippen LogP contribution in [-0.4, -0.2) is 33.1 Å². The summed E-state index contributed by atoms with van der Waals surface area (Å²) in [6.45, 7) is 3.42. The molecule has 0 unspecified atom stereocenters. The lowest BCUT2D eigenvalue weighted by Gasteiger charge is -2.13. The summed E-state index contributed by atoms with van der Waals surface area (Å²) in [6.07, 6.45) is 2.66. The first-order valence-corrected chi connectivity index (χ1v) is 12.4. The number of fused-ring (bicyclic) bond motifs is 3. The number of para-hydroxylation sites is 1. The number of halogens is 1. The summed E-state index contributed by atoms with van der Waals surface area (Å²) in [5, 5.41) is 14.0. The molecule has 8 nitrogen and oxygen atoms in total. The summed E-state index contributed by atoms with van der Waals surface area (Å²) in [7, 11) is 1.61. The SMILES string of the molecule is CCCn1c2ccccc2c2nnc(N/N=C/c3cc(Br)c(OCc4ccccc4)c(OC)c3)nc21. The van der Waals surface area contributed by atoms with E-state index in [4.69, 9.17) is 14.5 Å². The van der Waals surface area contributed by atoms with Crippen molar-refractivity contribution in [2.75, 3.05) is 12.5 Å². The second kappa shape index (κ2) is 10.7. The van der Waals surface area contributed by atoms with Crippen molar-refractivity contribution < 1.29 is 9.47 Å². The normalized spacial score (nSPS) is 11.4. The lowest BCUT2D eigenvalue weighted by Crippen LogP contribution is -2.03. The smallest absolute Gasteiger partial charge is 0.265 e. The number of methoxy groups -OCH3 is 1. The van der Waals surface area contributed by atoms with Crippen molar-refractivity contribution >= 4 is 50.2 Å². The molecule has 36 heavy (non-hydrogen) atoms. The highest BCUT2D eigenvalue weighted by molar-refractivity contribution is 9.10. The van der Waals surface area contributed by atoms with Crippen LogP contribution in [0.3, 0.4) is 0 Å². The Hall–Kier alpha value is -3.98. The number of hydrogen-bond donors (Lipinski definition) is 1. The van der Waals surface area contributed by atoms with Gasteiger partial charge in [-0.2, -0.15) is 10.1 Å². The minimum Gasteiger partial charge on any atom is -0.493 e. The lowest BCUT2D eigenvalue weighted by molar-refractivity contribution is 0.282. The molecular formula is C27H25BrN6O2. The molecule has 2 heterocycles. The zero-order chi connectivity index (χ0) is 24.9. The molecule has 0 spiro atoms. The highest BCUT2D eigenvalue weighted by Gasteiger charge is 2.14. The Labute approximate surface area is 217 Å². The Morgan fingerprint density at radius 2 is 1.86 bits per heavy atom. The van der Waals surface area contributed by atoms with Crippen molar-refractivity contribution in [2.24, 2.45) is 5.10 Å². The lowest BCUT2D eigenvalue weighted by atomic mass is 10.2. The van der Waals surface area contributed by atoms with Gasteiger partial charge in [-0.15, -0.1) is 10.2 Å². The molecular weight excluding hydrogens is 520 g/mol. The van der Waals surface area contributed by atoms with Crippen LogP contribution in [0.4, 0.5) is 5.95 Å². The molecule has 182 valence electrons. The van der Waals surface area contributed by atoms with Crippen molar-refractivity contribution in [3.8, 4) is 11.5 Å². The third kappa shape index (κ3) is 4.87. The largest absolute Gasteiger partial charge is 0.493 e. The van der Waals surface area contributed by atoms with Gasteiger partial charge in [0.15, 0.2) is 17.1 Å². The number of anilines is 1. The third-order valence-electron chi connectivity index (χ3n) is 5.68. The summed E-state index contributed by atoms with van der Waals surface area (Å²) in [6, 6.07) is 21.9. The van der Waals surface area contributed by atoms with Crippen LogP contribution >= 0.6 is 15.9 Å². The quantitative estimate of drug-likeness (QED) is 0.176. The van der Waals surface area contributed by atoms with Gasteiger partial charge in [0.05, 0.1) is 23.3 Å². The monoisotopic (exact) mass is 544 g/mol. The Bertz CT molecular complexity index is 1530. The second-order valence-electron chi connectivity index (χ2n) is 8.15. The first-order valence-electron chi connectivity index (χ1n) is 11.6. The predicted octanol–water partition coefficient (Wildman–Crippen LogP) is 6.19. The molecule has 0 aliphatic heterocycles. The molecule has 0 saturated carbocycles. The van der Waals surface area contributed by atoms with Gasteiger partial charge >= 0.3 is 0 Å². The van der Waals surface area contributed by atoms with Crippen molar-refractivity contribution in [2.45, 2.75) is 26.5 Å². The number of rotatable bonds is 9. The van der Waals surface area contributed by atoms with Gasteiger partial charge < -0.3 is 14.0 Å². The molecule has 2 aromatic heterocycles. The minimum atomic E-state index is 0.327. The van der Waals surface area contributed by atoms with E-state index in [0.717, 1.165) is 50.6 Å². The molecule has 0 saturated heterocycles. The van der Waals surface area contributed by atoms with Gasteiger partial charge in [0.25, 0.3) is 5.95 Å². The average molecular weight is 545 g/mol. The summed E-state index contributed by atoms with van der Waals surface area (Å²) in [5.41, 5.74) is 7.46. The van der Waals surface area contributed by atoms with Crippen molar-refractivity contribution in [1.29, 1.82) is 0 Å². The van der Waals surface area contributed by atoms with Crippen LogP contribution in [0.5, 0.6) is 11.5 Å². The van der Waals surface area contributed by atoms with Crippen LogP contribution in [0, 0.1) is 0 Å². The number of hydrogen-bond acceptors (Lipinski definition) is 7. The van der Waals surface area contributed by atoms with Crippen molar-refractivity contribution in [3.05, 3.63) is 82.3 Å². The van der Waals surface area contributed by atoms with E-state index in [0.29, 0.717) is 24.1 Å². The van der Waals surface area contributed by atoms with Crippen LogP contribution < -0.4 is 14.9 Å². The highest BCUT2D eigenvalue weighted by atomic mass is 79.9. The fraction of sp³-hybridized carbons (Fsp3) is 0.185. The summed E-state index contributed by atoms with van der Waals surface area (Å²) >= 11 is 3.59. The van der Waals surface area contributed by atoms with E-state index in [2.05, 4.69) is 54.2 Å². The molecule has 9 heteroatoms. The van der Waals surface area contributed by atoms with Gasteiger partial charge in [-0.25, -0.2) is 5.43 Å². The van der Waals surface area contributed by atoms with Crippen molar-refractivity contribution in [1.82, 2.24) is 19.7 Å².